The molecule has 0 saturated heterocycles. The van der Waals surface area contributed by atoms with E-state index in [1.807, 2.05) is 55.6 Å². The highest BCUT2D eigenvalue weighted by molar-refractivity contribution is 6.30. The quantitative estimate of drug-likeness (QED) is 0.178. The maximum Gasteiger partial charge on any atom is 0.287 e. The van der Waals surface area contributed by atoms with Crippen LogP contribution in [-0.2, 0) is 4.79 Å². The number of carbonyl (C=O) groups excluding carboxylic acids is 2. The van der Waals surface area contributed by atoms with Crippen LogP contribution >= 0.6 is 11.6 Å². The summed E-state index contributed by atoms with van der Waals surface area (Å²) in [7, 11) is 1.84. The van der Waals surface area contributed by atoms with Crippen molar-refractivity contribution in [3.8, 4) is 11.3 Å². The number of nitrogens with two attached hydrogens (primary N) is 1. The molecular weight excluding hydrogens is 536 g/mol. The Morgan fingerprint density at radius 2 is 1.51 bits per heavy atom. The lowest BCUT2D eigenvalue weighted by atomic mass is 9.90. The monoisotopic (exact) mass is 572 g/mol. The minimum absolute atomic E-state index is 0.000259. The van der Waals surface area contributed by atoms with Gasteiger partial charge in [-0.2, -0.15) is 0 Å². The number of carbonyl (C=O) groups is 2. The summed E-state index contributed by atoms with van der Waals surface area (Å²) >= 11 is 5.95. The van der Waals surface area contributed by atoms with Gasteiger partial charge in [0.15, 0.2) is 5.76 Å². The normalized spacial score (nSPS) is 11.8. The average Bonchev–Trinajstić information content (AvgIpc) is 3.51. The van der Waals surface area contributed by atoms with Gasteiger partial charge in [0.2, 0.25) is 5.91 Å². The lowest BCUT2D eigenvalue weighted by Crippen LogP contribution is -2.48. The third kappa shape index (κ3) is 8.54. The van der Waals surface area contributed by atoms with Crippen molar-refractivity contribution in [1.29, 1.82) is 0 Å². The van der Waals surface area contributed by atoms with Gasteiger partial charge < -0.3 is 25.7 Å². The van der Waals surface area contributed by atoms with Crippen molar-refractivity contribution in [2.75, 3.05) is 33.2 Å². The number of furan rings is 1. The van der Waals surface area contributed by atoms with Gasteiger partial charge in [0, 0.05) is 43.2 Å². The molecule has 1 aromatic heterocycles. The Bertz CT molecular complexity index is 1340. The lowest BCUT2D eigenvalue weighted by molar-refractivity contribution is -0.132. The number of nitrogens with one attached hydrogen (secondary N) is 2. The van der Waals surface area contributed by atoms with Gasteiger partial charge in [-0.3, -0.25) is 9.59 Å². The molecule has 214 valence electrons. The minimum Gasteiger partial charge on any atom is -0.451 e. The number of likely N-dealkylation sites (N-methyl/N-ethyl adjacent to an activating group) is 1. The second-order valence-corrected chi connectivity index (χ2v) is 10.4. The van der Waals surface area contributed by atoms with E-state index in [9.17, 15) is 9.59 Å². The summed E-state index contributed by atoms with van der Waals surface area (Å²) in [4.78, 5) is 28.0. The SMILES string of the molecule is CN(CC(c1ccccc1)c1ccccc1)C(=O)[C@H](CCCN)NCCNC(=O)c1ccc(-c2ccc(Cl)cc2)o1. The molecule has 4 N–H and O–H groups in total. The first kappa shape index (κ1) is 30.1. The fourth-order valence-corrected chi connectivity index (χ4v) is 4.90. The molecule has 4 rings (SSSR count). The smallest absolute Gasteiger partial charge is 0.287 e. The standard InChI is InChI=1S/C33H37ClN4O3/c1-38(23-28(24-9-4-2-5-10-24)25-11-6-3-7-12-25)33(40)29(13-8-20-35)36-21-22-37-32(39)31-19-18-30(41-31)26-14-16-27(34)17-15-26/h2-7,9-12,14-19,28-29,36H,8,13,20-23,35H2,1H3,(H,37,39)/t29-/m0/s1. The Morgan fingerprint density at radius 3 is 2.12 bits per heavy atom. The van der Waals surface area contributed by atoms with Crippen molar-refractivity contribution < 1.29 is 14.0 Å². The molecule has 0 aliphatic rings. The van der Waals surface area contributed by atoms with Crippen LogP contribution in [-0.4, -0.2) is 56.0 Å². The molecule has 2 amide bonds. The van der Waals surface area contributed by atoms with E-state index in [-0.39, 0.29) is 23.5 Å². The number of amides is 2. The molecule has 0 spiro atoms. The molecule has 0 bridgehead atoms. The topological polar surface area (TPSA) is 101 Å². The minimum atomic E-state index is -0.409. The lowest BCUT2D eigenvalue weighted by Gasteiger charge is -2.29. The highest BCUT2D eigenvalue weighted by Gasteiger charge is 2.25. The van der Waals surface area contributed by atoms with Crippen LogP contribution < -0.4 is 16.4 Å². The first-order valence-electron chi connectivity index (χ1n) is 13.9. The number of nitrogens with zero attached hydrogens (tertiary/aromatic N) is 1. The van der Waals surface area contributed by atoms with Crippen molar-refractivity contribution >= 4 is 23.4 Å². The summed E-state index contributed by atoms with van der Waals surface area (Å²) < 4.78 is 5.73. The molecule has 0 aliphatic heterocycles. The van der Waals surface area contributed by atoms with E-state index in [0.29, 0.717) is 49.8 Å². The van der Waals surface area contributed by atoms with Crippen molar-refractivity contribution in [2.24, 2.45) is 5.73 Å². The molecule has 1 atom stereocenters. The maximum absolute atomic E-state index is 13.6. The summed E-state index contributed by atoms with van der Waals surface area (Å²) in [6.07, 6.45) is 1.32. The van der Waals surface area contributed by atoms with E-state index in [1.165, 1.54) is 0 Å². The van der Waals surface area contributed by atoms with Gasteiger partial charge in [0.05, 0.1) is 6.04 Å². The van der Waals surface area contributed by atoms with Crippen LogP contribution in [0.5, 0.6) is 0 Å². The van der Waals surface area contributed by atoms with Crippen LogP contribution in [0.3, 0.4) is 0 Å². The molecule has 0 unspecified atom stereocenters. The molecule has 41 heavy (non-hydrogen) atoms. The molecule has 8 heteroatoms. The van der Waals surface area contributed by atoms with Crippen molar-refractivity contribution in [3.05, 3.63) is 119 Å². The van der Waals surface area contributed by atoms with Gasteiger partial charge >= 0.3 is 0 Å². The predicted octanol–water partition coefficient (Wildman–Crippen LogP) is 5.32. The fraction of sp³-hybridized carbons (Fsp3) is 0.273. The summed E-state index contributed by atoms with van der Waals surface area (Å²) in [6.45, 7) is 1.80. The van der Waals surface area contributed by atoms with Crippen LogP contribution in [0.25, 0.3) is 11.3 Å². The zero-order chi connectivity index (χ0) is 29.0. The van der Waals surface area contributed by atoms with E-state index in [0.717, 1.165) is 16.7 Å². The van der Waals surface area contributed by atoms with E-state index < -0.39 is 6.04 Å². The van der Waals surface area contributed by atoms with Crippen molar-refractivity contribution in [2.45, 2.75) is 24.8 Å². The van der Waals surface area contributed by atoms with Crippen LogP contribution in [0.2, 0.25) is 5.02 Å². The zero-order valence-electron chi connectivity index (χ0n) is 23.3. The summed E-state index contributed by atoms with van der Waals surface area (Å²) in [5, 5.41) is 6.82. The molecular formula is C33H37ClN4O3. The molecule has 7 nitrogen and oxygen atoms in total. The van der Waals surface area contributed by atoms with E-state index >= 15 is 0 Å². The first-order valence-corrected chi connectivity index (χ1v) is 14.3. The summed E-state index contributed by atoms with van der Waals surface area (Å²) in [5.74, 6) is 0.540. The number of benzene rings is 3. The van der Waals surface area contributed by atoms with Gasteiger partial charge in [-0.1, -0.05) is 72.3 Å². The van der Waals surface area contributed by atoms with E-state index in [4.69, 9.17) is 21.8 Å². The molecule has 3 aromatic carbocycles. The Kier molecular flexibility index (Phi) is 11.1. The molecule has 0 saturated carbocycles. The molecule has 1 heterocycles. The predicted molar refractivity (Wildman–Crippen MR) is 164 cm³/mol. The second-order valence-electron chi connectivity index (χ2n) is 9.96. The molecule has 0 fully saturated rings. The Labute approximate surface area is 246 Å². The average molecular weight is 573 g/mol. The van der Waals surface area contributed by atoms with Gasteiger partial charge in [-0.05, 0) is 66.9 Å². The summed E-state index contributed by atoms with van der Waals surface area (Å²) in [6, 6.07) is 30.7. The summed E-state index contributed by atoms with van der Waals surface area (Å²) in [5.41, 5.74) is 8.92. The van der Waals surface area contributed by atoms with E-state index in [2.05, 4.69) is 34.9 Å². The number of rotatable bonds is 14. The van der Waals surface area contributed by atoms with Crippen LogP contribution in [0.15, 0.2) is 101 Å². The first-order chi connectivity index (χ1) is 20.0. The number of halogens is 1. The van der Waals surface area contributed by atoms with Crippen LogP contribution in [0.1, 0.15) is 40.4 Å². The van der Waals surface area contributed by atoms with Crippen LogP contribution in [0.4, 0.5) is 0 Å². The molecule has 0 aliphatic carbocycles. The second kappa shape index (κ2) is 15.2. The van der Waals surface area contributed by atoms with Gasteiger partial charge in [-0.25, -0.2) is 0 Å². The van der Waals surface area contributed by atoms with Crippen molar-refractivity contribution in [3.63, 3.8) is 0 Å². The Morgan fingerprint density at radius 1 is 0.878 bits per heavy atom. The maximum atomic E-state index is 13.6. The van der Waals surface area contributed by atoms with E-state index in [1.54, 1.807) is 29.2 Å². The fourth-order valence-electron chi connectivity index (χ4n) is 4.78. The molecule has 4 aromatic rings. The van der Waals surface area contributed by atoms with Gasteiger partial charge in [-0.15, -0.1) is 0 Å². The highest BCUT2D eigenvalue weighted by Crippen LogP contribution is 2.26. The molecule has 0 radical (unpaired) electrons. The highest BCUT2D eigenvalue weighted by atomic mass is 35.5. The number of hydrogen-bond acceptors (Lipinski definition) is 5. The Balaban J connectivity index is 1.33. The Hall–Kier alpha value is -3.91. The van der Waals surface area contributed by atoms with Gasteiger partial charge in [0.25, 0.3) is 5.91 Å². The van der Waals surface area contributed by atoms with Crippen molar-refractivity contribution in [1.82, 2.24) is 15.5 Å². The van der Waals surface area contributed by atoms with Crippen LogP contribution in [0, 0.1) is 0 Å². The van der Waals surface area contributed by atoms with Gasteiger partial charge in [0.1, 0.15) is 5.76 Å². The third-order valence-corrected chi connectivity index (χ3v) is 7.24. The third-order valence-electron chi connectivity index (χ3n) is 6.99. The number of hydrogen-bond donors (Lipinski definition) is 3. The largest absolute Gasteiger partial charge is 0.451 e. The zero-order valence-corrected chi connectivity index (χ0v) is 24.0.